The minimum absolute atomic E-state index is 0.535. The fraction of sp³-hybridized carbons (Fsp3) is 0.818. The van der Waals surface area contributed by atoms with Gasteiger partial charge in [-0.1, -0.05) is 50.5 Å². The van der Waals surface area contributed by atoms with Gasteiger partial charge in [0.05, 0.1) is 0 Å². The van der Waals surface area contributed by atoms with Crippen LogP contribution in [0.25, 0.3) is 0 Å². The number of allylic oxidation sites excluding steroid dienone is 4. The van der Waals surface area contributed by atoms with Crippen LogP contribution in [0.3, 0.4) is 0 Å². The molecule has 0 saturated heterocycles. The van der Waals surface area contributed by atoms with Crippen LogP contribution in [0, 0.1) is 40.4 Å². The molecule has 5 rings (SSSR count). The summed E-state index contributed by atoms with van der Waals surface area (Å²) < 4.78 is 0. The molecule has 4 fully saturated rings. The van der Waals surface area contributed by atoms with Gasteiger partial charge in [0.25, 0.3) is 0 Å². The third-order valence-electron chi connectivity index (χ3n) is 9.28. The second-order valence-corrected chi connectivity index (χ2v) is 9.65. The van der Waals surface area contributed by atoms with Crippen LogP contribution >= 0.6 is 0 Å². The highest BCUT2D eigenvalue weighted by atomic mass is 14.6. The summed E-state index contributed by atoms with van der Waals surface area (Å²) in [6.07, 6.45) is 21.0. The zero-order valence-electron chi connectivity index (χ0n) is 14.5. The summed E-state index contributed by atoms with van der Waals surface area (Å²) >= 11 is 0. The Kier molecular flexibility index (Phi) is 2.85. The van der Waals surface area contributed by atoms with Crippen LogP contribution in [0.5, 0.6) is 0 Å². The summed E-state index contributed by atoms with van der Waals surface area (Å²) in [6, 6.07) is 0. The molecule has 22 heavy (non-hydrogen) atoms. The lowest BCUT2D eigenvalue weighted by molar-refractivity contribution is -0.0867. The van der Waals surface area contributed by atoms with Gasteiger partial charge in [-0.25, -0.2) is 0 Å². The van der Waals surface area contributed by atoms with Crippen molar-refractivity contribution in [3.05, 3.63) is 23.8 Å². The number of fused-ring (bicyclic) bond motifs is 4. The van der Waals surface area contributed by atoms with Gasteiger partial charge in [0.15, 0.2) is 0 Å². The molecule has 0 bridgehead atoms. The van der Waals surface area contributed by atoms with Gasteiger partial charge in [-0.15, -0.1) is 0 Å². The minimum Gasteiger partial charge on any atom is -0.0805 e. The largest absolute Gasteiger partial charge is 0.0805 e. The lowest BCUT2D eigenvalue weighted by Crippen LogP contribution is -2.53. The highest BCUT2D eigenvalue weighted by Gasteiger charge is 2.61. The smallest absolute Gasteiger partial charge is 0.00194 e. The average Bonchev–Trinajstić information content (AvgIpc) is 2.86. The van der Waals surface area contributed by atoms with Crippen LogP contribution in [0.15, 0.2) is 23.8 Å². The first-order valence-electron chi connectivity index (χ1n) is 10.0. The van der Waals surface area contributed by atoms with Gasteiger partial charge in [-0.05, 0) is 85.4 Å². The van der Waals surface area contributed by atoms with Gasteiger partial charge >= 0.3 is 0 Å². The molecule has 0 N–H and O–H groups in total. The molecule has 0 spiro atoms. The van der Waals surface area contributed by atoms with Gasteiger partial charge in [0.2, 0.25) is 0 Å². The summed E-state index contributed by atoms with van der Waals surface area (Å²) in [5.74, 6) is 4.94. The van der Waals surface area contributed by atoms with E-state index in [1.165, 1.54) is 44.9 Å². The molecule has 0 heterocycles. The molecule has 4 saturated carbocycles. The van der Waals surface area contributed by atoms with Crippen LogP contribution in [-0.2, 0) is 0 Å². The number of rotatable bonds is 0. The second kappa shape index (κ2) is 4.52. The second-order valence-electron chi connectivity index (χ2n) is 9.65. The number of hydrogen-bond acceptors (Lipinski definition) is 0. The Bertz CT molecular complexity index is 540. The van der Waals surface area contributed by atoms with Crippen LogP contribution in [0.4, 0.5) is 0 Å². The van der Waals surface area contributed by atoms with Crippen molar-refractivity contribution in [2.45, 2.75) is 71.6 Å². The van der Waals surface area contributed by atoms with Crippen molar-refractivity contribution < 1.29 is 0 Å². The molecule has 0 aromatic heterocycles. The lowest BCUT2D eigenvalue weighted by Gasteiger charge is -2.61. The third-order valence-corrected chi connectivity index (χ3v) is 9.28. The normalized spacial score (nSPS) is 55.9. The average molecular weight is 296 g/mol. The van der Waals surface area contributed by atoms with Gasteiger partial charge in [-0.2, -0.15) is 0 Å². The highest BCUT2D eigenvalue weighted by Crippen LogP contribution is 2.69. The van der Waals surface area contributed by atoms with Gasteiger partial charge in [-0.3, -0.25) is 0 Å². The van der Waals surface area contributed by atoms with Crippen molar-refractivity contribution in [1.82, 2.24) is 0 Å². The third kappa shape index (κ3) is 1.55. The first-order valence-corrected chi connectivity index (χ1v) is 10.0. The molecule has 0 amide bonds. The molecular formula is C22H32. The van der Waals surface area contributed by atoms with E-state index in [0.717, 1.165) is 29.6 Å². The molecule has 0 heteroatoms. The molecule has 5 aliphatic carbocycles. The number of hydrogen-bond donors (Lipinski definition) is 0. The molecular weight excluding hydrogens is 264 g/mol. The molecule has 0 nitrogen and oxygen atoms in total. The fourth-order valence-electron chi connectivity index (χ4n) is 8.02. The van der Waals surface area contributed by atoms with Crippen molar-refractivity contribution in [2.24, 2.45) is 40.4 Å². The van der Waals surface area contributed by atoms with E-state index in [0.29, 0.717) is 10.8 Å². The maximum absolute atomic E-state index is 2.70. The van der Waals surface area contributed by atoms with E-state index in [9.17, 15) is 0 Å². The molecule has 7 atom stereocenters. The van der Waals surface area contributed by atoms with Crippen molar-refractivity contribution in [3.63, 3.8) is 0 Å². The molecule has 5 aliphatic rings. The Labute approximate surface area is 136 Å². The van der Waals surface area contributed by atoms with E-state index in [2.05, 4.69) is 32.1 Å². The van der Waals surface area contributed by atoms with E-state index in [4.69, 9.17) is 0 Å². The SMILES string of the molecule is C[C@@]12C3=CC=C[C@H]1CCC2C1CC[C@H]2CCCC[C@]2(C)C1C3. The summed E-state index contributed by atoms with van der Waals surface area (Å²) in [7, 11) is 0. The Balaban J connectivity index is 1.58. The molecule has 0 aromatic carbocycles. The minimum atomic E-state index is 0.535. The predicted octanol–water partition coefficient (Wildman–Crippen LogP) is 6.14. The topological polar surface area (TPSA) is 0 Å². The maximum Gasteiger partial charge on any atom is -0.00194 e. The van der Waals surface area contributed by atoms with Crippen LogP contribution in [0.1, 0.15) is 71.6 Å². The first kappa shape index (κ1) is 13.9. The molecule has 0 aliphatic heterocycles. The quantitative estimate of drug-likeness (QED) is 0.503. The summed E-state index contributed by atoms with van der Waals surface area (Å²) in [4.78, 5) is 0. The molecule has 3 unspecified atom stereocenters. The van der Waals surface area contributed by atoms with Crippen molar-refractivity contribution in [1.29, 1.82) is 0 Å². The zero-order chi connectivity index (χ0) is 14.9. The molecule has 0 radical (unpaired) electrons. The zero-order valence-corrected chi connectivity index (χ0v) is 14.5. The van der Waals surface area contributed by atoms with Gasteiger partial charge in [0, 0.05) is 0 Å². The van der Waals surface area contributed by atoms with E-state index in [1.54, 1.807) is 12.8 Å². The predicted molar refractivity (Wildman–Crippen MR) is 92.4 cm³/mol. The maximum atomic E-state index is 2.70. The van der Waals surface area contributed by atoms with E-state index in [-0.39, 0.29) is 0 Å². The van der Waals surface area contributed by atoms with Gasteiger partial charge in [0.1, 0.15) is 0 Å². The van der Waals surface area contributed by atoms with E-state index in [1.807, 2.05) is 5.57 Å². The Morgan fingerprint density at radius 2 is 1.86 bits per heavy atom. The molecule has 120 valence electrons. The fourth-order valence-corrected chi connectivity index (χ4v) is 8.02. The lowest BCUT2D eigenvalue weighted by atomic mass is 9.43. The molecule has 0 aromatic rings. The van der Waals surface area contributed by atoms with Crippen molar-refractivity contribution >= 4 is 0 Å². The summed E-state index contributed by atoms with van der Waals surface area (Å²) in [6.45, 7) is 5.33. The Morgan fingerprint density at radius 1 is 0.955 bits per heavy atom. The van der Waals surface area contributed by atoms with Crippen LogP contribution < -0.4 is 0 Å². The van der Waals surface area contributed by atoms with Crippen LogP contribution in [-0.4, -0.2) is 0 Å². The Morgan fingerprint density at radius 3 is 2.77 bits per heavy atom. The Hall–Kier alpha value is -0.520. The summed E-state index contributed by atoms with van der Waals surface area (Å²) in [5, 5.41) is 0. The van der Waals surface area contributed by atoms with Crippen LogP contribution in [0.2, 0.25) is 0 Å². The summed E-state index contributed by atoms with van der Waals surface area (Å²) in [5.41, 5.74) is 3.05. The first-order chi connectivity index (χ1) is 10.6. The standard InChI is InChI=1S/C22H32/c1-21-13-4-3-6-15(21)9-11-18-19-12-10-16-7-5-8-17(14-20(18)21)22(16,19)2/h5,7-8,15-16,18-20H,3-4,6,9-14H2,1-2H3/t15-,16+,18?,19?,20?,21+,22+/m1/s1. The van der Waals surface area contributed by atoms with E-state index < -0.39 is 0 Å². The van der Waals surface area contributed by atoms with Crippen molar-refractivity contribution in [2.75, 3.05) is 0 Å². The van der Waals surface area contributed by atoms with Gasteiger partial charge < -0.3 is 0 Å². The van der Waals surface area contributed by atoms with Crippen molar-refractivity contribution in [3.8, 4) is 0 Å². The highest BCUT2D eigenvalue weighted by molar-refractivity contribution is 5.34. The monoisotopic (exact) mass is 296 g/mol. The van der Waals surface area contributed by atoms with E-state index >= 15 is 0 Å².